The van der Waals surface area contributed by atoms with Gasteiger partial charge in [0, 0.05) is 42.9 Å². The van der Waals surface area contributed by atoms with E-state index in [0.29, 0.717) is 53.4 Å². The molecule has 11 heteroatoms. The van der Waals surface area contributed by atoms with Crippen molar-refractivity contribution in [2.45, 2.75) is 75.9 Å². The van der Waals surface area contributed by atoms with Crippen LogP contribution in [0.5, 0.6) is 5.88 Å². The SMILES string of the molecule is CCC(C)(N)c1cnc(OC2CC(S(C)(=O)=O)C2)c2cnc(Nc3ccc4c(n3)[C@H](C)[C@H](C)OC4=O)cc12. The Morgan fingerprint density at radius 2 is 1.89 bits per heavy atom. The number of carbonyl (C=O) groups excluding carboxylic acids is 1. The van der Waals surface area contributed by atoms with Gasteiger partial charge in [0.1, 0.15) is 23.8 Å². The summed E-state index contributed by atoms with van der Waals surface area (Å²) in [6.45, 7) is 7.80. The normalized spacial score (nSPS) is 24.6. The fourth-order valence-corrected chi connectivity index (χ4v) is 5.92. The molecular formula is C27H33N5O5S. The van der Waals surface area contributed by atoms with Gasteiger partial charge in [0.05, 0.1) is 21.9 Å². The highest BCUT2D eigenvalue weighted by Gasteiger charge is 2.38. The summed E-state index contributed by atoms with van der Waals surface area (Å²) in [6.07, 6.45) is 5.75. The van der Waals surface area contributed by atoms with Crippen LogP contribution in [0.2, 0.25) is 0 Å². The molecule has 1 aliphatic carbocycles. The molecule has 38 heavy (non-hydrogen) atoms. The fourth-order valence-electron chi connectivity index (χ4n) is 4.79. The molecule has 3 atom stereocenters. The van der Waals surface area contributed by atoms with Crippen LogP contribution in [0.1, 0.15) is 74.5 Å². The maximum atomic E-state index is 12.3. The van der Waals surface area contributed by atoms with Gasteiger partial charge in [-0.3, -0.25) is 0 Å². The zero-order valence-electron chi connectivity index (χ0n) is 22.2. The van der Waals surface area contributed by atoms with E-state index in [0.717, 1.165) is 10.9 Å². The third-order valence-corrected chi connectivity index (χ3v) is 9.45. The molecule has 5 rings (SSSR count). The van der Waals surface area contributed by atoms with Gasteiger partial charge in [-0.15, -0.1) is 0 Å². The van der Waals surface area contributed by atoms with Crippen LogP contribution in [0.25, 0.3) is 10.8 Å². The van der Waals surface area contributed by atoms with Gasteiger partial charge in [-0.05, 0) is 49.4 Å². The number of nitrogens with two attached hydrogens (primary N) is 1. The number of aromatic nitrogens is 3. The standard InChI is InChI=1S/C27H33N5O5S/c1-6-27(4,28)21-13-30-25(37-16-9-17(10-16)38(5,34)35)20-12-29-23(11-19(20)21)31-22-8-7-18-24(32-22)14(2)15(3)36-26(18)33/h7-8,11-17H,6,9-10,28H2,1-5H3,(H,29,31,32)/t14-,15+,16?,17?,27?/m1/s1. The number of cyclic esters (lactones) is 1. The van der Waals surface area contributed by atoms with Gasteiger partial charge in [0.15, 0.2) is 9.84 Å². The number of fused-ring (bicyclic) bond motifs is 2. The summed E-state index contributed by atoms with van der Waals surface area (Å²) in [4.78, 5) is 26.1. The van der Waals surface area contributed by atoms with E-state index in [1.807, 2.05) is 33.8 Å². The van der Waals surface area contributed by atoms with Gasteiger partial charge < -0.3 is 20.5 Å². The zero-order chi connectivity index (χ0) is 27.4. The van der Waals surface area contributed by atoms with Gasteiger partial charge in [-0.25, -0.2) is 28.2 Å². The van der Waals surface area contributed by atoms with E-state index in [4.69, 9.17) is 20.2 Å². The fraction of sp³-hybridized carbons (Fsp3) is 0.481. The Morgan fingerprint density at radius 1 is 1.16 bits per heavy atom. The minimum Gasteiger partial charge on any atom is -0.474 e. The van der Waals surface area contributed by atoms with E-state index in [1.54, 1.807) is 24.5 Å². The summed E-state index contributed by atoms with van der Waals surface area (Å²) in [5, 5.41) is 4.41. The first-order valence-corrected chi connectivity index (χ1v) is 14.8. The molecule has 202 valence electrons. The van der Waals surface area contributed by atoms with Crippen molar-refractivity contribution in [3.05, 3.63) is 47.4 Å². The molecule has 1 fully saturated rings. The van der Waals surface area contributed by atoms with Crippen molar-refractivity contribution in [1.29, 1.82) is 0 Å². The predicted molar refractivity (Wildman–Crippen MR) is 144 cm³/mol. The second-order valence-corrected chi connectivity index (χ2v) is 13.0. The molecule has 4 heterocycles. The lowest BCUT2D eigenvalue weighted by molar-refractivity contribution is 0.0235. The topological polar surface area (TPSA) is 146 Å². The van der Waals surface area contributed by atoms with Gasteiger partial charge in [-0.1, -0.05) is 13.8 Å². The molecule has 1 saturated carbocycles. The molecule has 0 saturated heterocycles. The molecule has 2 aliphatic rings. The van der Waals surface area contributed by atoms with Crippen molar-refractivity contribution in [3.63, 3.8) is 0 Å². The summed E-state index contributed by atoms with van der Waals surface area (Å²) >= 11 is 0. The summed E-state index contributed by atoms with van der Waals surface area (Å²) in [7, 11) is -3.08. The average Bonchev–Trinajstić information content (AvgIpc) is 2.83. The molecule has 3 aromatic rings. The van der Waals surface area contributed by atoms with Crippen LogP contribution < -0.4 is 15.8 Å². The van der Waals surface area contributed by atoms with Crippen LogP contribution >= 0.6 is 0 Å². The largest absolute Gasteiger partial charge is 0.474 e. The number of carbonyl (C=O) groups is 1. The van der Waals surface area contributed by atoms with Crippen molar-refractivity contribution >= 4 is 38.2 Å². The minimum atomic E-state index is -3.08. The highest BCUT2D eigenvalue weighted by atomic mass is 32.2. The van der Waals surface area contributed by atoms with Crippen LogP contribution in [-0.2, 0) is 20.1 Å². The third-order valence-electron chi connectivity index (χ3n) is 7.85. The first kappa shape index (κ1) is 26.3. The zero-order valence-corrected chi connectivity index (χ0v) is 23.0. The third kappa shape index (κ3) is 4.80. The van der Waals surface area contributed by atoms with E-state index < -0.39 is 15.4 Å². The Morgan fingerprint density at radius 3 is 2.58 bits per heavy atom. The second kappa shape index (κ2) is 9.46. The first-order valence-electron chi connectivity index (χ1n) is 12.8. The number of nitrogens with one attached hydrogen (secondary N) is 1. The van der Waals surface area contributed by atoms with Crippen molar-refractivity contribution in [3.8, 4) is 5.88 Å². The summed E-state index contributed by atoms with van der Waals surface area (Å²) in [6, 6.07) is 5.33. The van der Waals surface area contributed by atoms with Gasteiger partial charge in [-0.2, -0.15) is 0 Å². The Balaban J connectivity index is 1.48. The number of nitrogens with zero attached hydrogens (tertiary/aromatic N) is 3. The Bertz CT molecular complexity index is 1520. The van der Waals surface area contributed by atoms with Gasteiger partial charge in [0.25, 0.3) is 0 Å². The molecule has 0 bridgehead atoms. The number of ether oxygens (including phenoxy) is 2. The van der Waals surface area contributed by atoms with Crippen molar-refractivity contribution in [2.24, 2.45) is 5.73 Å². The smallest absolute Gasteiger partial charge is 0.340 e. The highest BCUT2D eigenvalue weighted by molar-refractivity contribution is 7.91. The Hall–Kier alpha value is -3.31. The molecule has 0 spiro atoms. The average molecular weight is 540 g/mol. The van der Waals surface area contributed by atoms with Crippen LogP contribution in [0.15, 0.2) is 30.6 Å². The molecule has 0 amide bonds. The summed E-state index contributed by atoms with van der Waals surface area (Å²) < 4.78 is 35.1. The molecule has 1 aliphatic heterocycles. The monoisotopic (exact) mass is 539 g/mol. The second-order valence-electron chi connectivity index (χ2n) is 10.7. The summed E-state index contributed by atoms with van der Waals surface area (Å²) in [5.41, 5.74) is 8.00. The molecule has 10 nitrogen and oxygen atoms in total. The van der Waals surface area contributed by atoms with Crippen molar-refractivity contribution in [2.75, 3.05) is 11.6 Å². The molecule has 1 unspecified atom stereocenters. The minimum absolute atomic E-state index is 0.0392. The van der Waals surface area contributed by atoms with Crippen LogP contribution in [0.3, 0.4) is 0 Å². The molecule has 0 aromatic carbocycles. The van der Waals surface area contributed by atoms with E-state index in [2.05, 4.69) is 15.3 Å². The van der Waals surface area contributed by atoms with E-state index in [9.17, 15) is 13.2 Å². The Kier molecular flexibility index (Phi) is 6.55. The molecular weight excluding hydrogens is 506 g/mol. The number of esters is 1. The van der Waals surface area contributed by atoms with E-state index in [1.165, 1.54) is 6.26 Å². The number of hydrogen-bond acceptors (Lipinski definition) is 10. The lowest BCUT2D eigenvalue weighted by atomic mass is 9.88. The van der Waals surface area contributed by atoms with Gasteiger partial charge in [0.2, 0.25) is 5.88 Å². The molecule has 3 N–H and O–H groups in total. The van der Waals surface area contributed by atoms with Crippen molar-refractivity contribution in [1.82, 2.24) is 15.0 Å². The number of sulfone groups is 1. The maximum Gasteiger partial charge on any atom is 0.340 e. The lowest BCUT2D eigenvalue weighted by Gasteiger charge is -2.34. The maximum absolute atomic E-state index is 12.3. The number of rotatable bonds is 7. The predicted octanol–water partition coefficient (Wildman–Crippen LogP) is 3.97. The molecule has 3 aromatic heterocycles. The van der Waals surface area contributed by atoms with Crippen LogP contribution in [0, 0.1) is 0 Å². The number of hydrogen-bond donors (Lipinski definition) is 2. The number of pyridine rings is 3. The Labute approximate surface area is 222 Å². The van der Waals surface area contributed by atoms with Gasteiger partial charge >= 0.3 is 5.97 Å². The van der Waals surface area contributed by atoms with Crippen molar-refractivity contribution < 1.29 is 22.7 Å². The van der Waals surface area contributed by atoms with Crippen LogP contribution in [-0.4, -0.2) is 53.1 Å². The highest BCUT2D eigenvalue weighted by Crippen LogP contribution is 2.37. The quantitative estimate of drug-likeness (QED) is 0.423. The van der Waals surface area contributed by atoms with Crippen LogP contribution in [0.4, 0.5) is 11.6 Å². The lowest BCUT2D eigenvalue weighted by Crippen LogP contribution is -2.42. The van der Waals surface area contributed by atoms with E-state index >= 15 is 0 Å². The molecule has 0 radical (unpaired) electrons. The number of anilines is 2. The summed E-state index contributed by atoms with van der Waals surface area (Å²) in [5.74, 6) is 1.11. The first-order chi connectivity index (χ1) is 17.9. The van der Waals surface area contributed by atoms with E-state index in [-0.39, 0.29) is 29.3 Å².